The van der Waals surface area contributed by atoms with Gasteiger partial charge in [-0.2, -0.15) is 5.10 Å². The second kappa shape index (κ2) is 8.25. The number of aromatic nitrogens is 3. The number of benzene rings is 2. The molecule has 0 bridgehead atoms. The van der Waals surface area contributed by atoms with Crippen molar-refractivity contribution in [1.82, 2.24) is 15.2 Å². The van der Waals surface area contributed by atoms with E-state index in [4.69, 9.17) is 32.7 Å². The summed E-state index contributed by atoms with van der Waals surface area (Å²) in [7, 11) is 1.54. The number of hydrogen-bond donors (Lipinski definition) is 2. The number of anilines is 1. The fourth-order valence-corrected chi connectivity index (χ4v) is 2.69. The molecule has 3 aromatic rings. The molecule has 0 saturated carbocycles. The lowest BCUT2D eigenvalue weighted by Gasteiger charge is -2.14. The topological polar surface area (TPSA) is 72.1 Å². The maximum Gasteiger partial charge on any atom is 0.218 e. The highest BCUT2D eigenvalue weighted by Crippen LogP contribution is 2.34. The van der Waals surface area contributed by atoms with Crippen molar-refractivity contribution in [3.05, 3.63) is 63.6 Å². The standard InChI is InChI=1S/C17H15Cl2FN4O2/c1-25-15-4-11(7-21-17-22-9-23-24-17)14(19)6-16(15)26-8-10-2-3-12(20)5-13(10)18/h2-6,9H,7-8H2,1H3,(H2,21,22,23,24). The van der Waals surface area contributed by atoms with Crippen LogP contribution in [0.2, 0.25) is 10.0 Å². The van der Waals surface area contributed by atoms with Crippen LogP contribution in [0.15, 0.2) is 36.7 Å². The maximum absolute atomic E-state index is 13.1. The van der Waals surface area contributed by atoms with E-state index in [2.05, 4.69) is 20.5 Å². The number of halogens is 3. The first-order valence-corrected chi connectivity index (χ1v) is 8.35. The monoisotopic (exact) mass is 396 g/mol. The molecule has 0 aliphatic heterocycles. The Labute approximate surface area is 159 Å². The van der Waals surface area contributed by atoms with Crippen molar-refractivity contribution in [3.8, 4) is 11.5 Å². The van der Waals surface area contributed by atoms with Gasteiger partial charge in [0.25, 0.3) is 0 Å². The van der Waals surface area contributed by atoms with Crippen molar-refractivity contribution in [2.45, 2.75) is 13.2 Å². The Morgan fingerprint density at radius 2 is 1.92 bits per heavy atom. The molecule has 2 aromatic carbocycles. The summed E-state index contributed by atoms with van der Waals surface area (Å²) in [6.07, 6.45) is 1.40. The average molecular weight is 397 g/mol. The van der Waals surface area contributed by atoms with Crippen LogP contribution >= 0.6 is 23.2 Å². The number of aromatic amines is 1. The SMILES string of the molecule is COc1cc(CNc2ncn[nH]2)c(Cl)cc1OCc1ccc(F)cc1Cl. The summed E-state index contributed by atoms with van der Waals surface area (Å²) in [4.78, 5) is 3.98. The molecule has 0 aliphatic rings. The fraction of sp³-hybridized carbons (Fsp3) is 0.176. The number of H-pyrrole nitrogens is 1. The zero-order valence-electron chi connectivity index (χ0n) is 13.7. The van der Waals surface area contributed by atoms with Gasteiger partial charge in [0.05, 0.1) is 12.1 Å². The largest absolute Gasteiger partial charge is 0.493 e. The first kappa shape index (κ1) is 18.3. The minimum Gasteiger partial charge on any atom is -0.493 e. The zero-order valence-corrected chi connectivity index (χ0v) is 15.2. The highest BCUT2D eigenvalue weighted by atomic mass is 35.5. The van der Waals surface area contributed by atoms with Crippen LogP contribution in [0.1, 0.15) is 11.1 Å². The second-order valence-electron chi connectivity index (χ2n) is 5.31. The lowest BCUT2D eigenvalue weighted by Crippen LogP contribution is -2.04. The molecule has 0 spiro atoms. The fourth-order valence-electron chi connectivity index (χ4n) is 2.25. The van der Waals surface area contributed by atoms with E-state index in [1.807, 2.05) is 0 Å². The van der Waals surface area contributed by atoms with Crippen molar-refractivity contribution in [1.29, 1.82) is 0 Å². The third-order valence-electron chi connectivity index (χ3n) is 3.59. The number of hydrogen-bond acceptors (Lipinski definition) is 5. The van der Waals surface area contributed by atoms with Crippen LogP contribution in [0.25, 0.3) is 0 Å². The molecule has 0 aliphatic carbocycles. The third-order valence-corrected chi connectivity index (χ3v) is 4.30. The van der Waals surface area contributed by atoms with Crippen LogP contribution in [0.4, 0.5) is 10.3 Å². The van der Waals surface area contributed by atoms with Gasteiger partial charge in [-0.15, -0.1) is 0 Å². The Morgan fingerprint density at radius 3 is 2.62 bits per heavy atom. The Bertz CT molecular complexity index is 891. The van der Waals surface area contributed by atoms with Gasteiger partial charge < -0.3 is 14.8 Å². The van der Waals surface area contributed by atoms with Crippen LogP contribution in [0.5, 0.6) is 11.5 Å². The van der Waals surface area contributed by atoms with E-state index in [1.54, 1.807) is 18.2 Å². The third kappa shape index (κ3) is 4.36. The lowest BCUT2D eigenvalue weighted by molar-refractivity contribution is 0.284. The highest BCUT2D eigenvalue weighted by Gasteiger charge is 2.12. The Kier molecular flexibility index (Phi) is 5.80. The molecular formula is C17H15Cl2FN4O2. The van der Waals surface area contributed by atoms with Crippen molar-refractivity contribution in [2.24, 2.45) is 0 Å². The molecule has 0 atom stereocenters. The highest BCUT2D eigenvalue weighted by molar-refractivity contribution is 6.31. The number of rotatable bonds is 7. The molecule has 1 heterocycles. The number of ether oxygens (including phenoxy) is 2. The van der Waals surface area contributed by atoms with E-state index in [0.717, 1.165) is 5.56 Å². The van der Waals surface area contributed by atoms with Gasteiger partial charge in [-0.25, -0.2) is 14.5 Å². The minimum atomic E-state index is -0.400. The van der Waals surface area contributed by atoms with Gasteiger partial charge in [0, 0.05) is 23.2 Å². The molecule has 6 nitrogen and oxygen atoms in total. The van der Waals surface area contributed by atoms with Gasteiger partial charge in [-0.1, -0.05) is 29.3 Å². The van der Waals surface area contributed by atoms with Gasteiger partial charge in [-0.3, -0.25) is 0 Å². The molecule has 0 fully saturated rings. The zero-order chi connectivity index (χ0) is 18.5. The quantitative estimate of drug-likeness (QED) is 0.617. The van der Waals surface area contributed by atoms with Gasteiger partial charge in [0.2, 0.25) is 5.95 Å². The molecule has 2 N–H and O–H groups in total. The summed E-state index contributed by atoms with van der Waals surface area (Å²) in [6.45, 7) is 0.579. The summed E-state index contributed by atoms with van der Waals surface area (Å²) < 4.78 is 24.3. The summed E-state index contributed by atoms with van der Waals surface area (Å²) in [5.74, 6) is 1.11. The van der Waals surface area contributed by atoms with Crippen LogP contribution in [-0.4, -0.2) is 22.3 Å². The van der Waals surface area contributed by atoms with E-state index >= 15 is 0 Å². The summed E-state index contributed by atoms with van der Waals surface area (Å²) in [6, 6.07) is 7.57. The molecule has 0 saturated heterocycles. The van der Waals surface area contributed by atoms with Crippen LogP contribution < -0.4 is 14.8 Å². The molecule has 0 unspecified atom stereocenters. The smallest absolute Gasteiger partial charge is 0.218 e. The van der Waals surface area contributed by atoms with E-state index < -0.39 is 5.82 Å². The normalized spacial score (nSPS) is 10.6. The van der Waals surface area contributed by atoms with Crippen molar-refractivity contribution in [3.63, 3.8) is 0 Å². The Morgan fingerprint density at radius 1 is 1.12 bits per heavy atom. The summed E-state index contributed by atoms with van der Waals surface area (Å²) in [5.41, 5.74) is 1.45. The molecule has 26 heavy (non-hydrogen) atoms. The predicted molar refractivity (Wildman–Crippen MR) is 97.5 cm³/mol. The summed E-state index contributed by atoms with van der Waals surface area (Å²) >= 11 is 12.4. The molecule has 0 amide bonds. The van der Waals surface area contributed by atoms with Gasteiger partial charge in [0.1, 0.15) is 18.8 Å². The van der Waals surface area contributed by atoms with E-state index in [9.17, 15) is 4.39 Å². The van der Waals surface area contributed by atoms with Crippen LogP contribution in [-0.2, 0) is 13.2 Å². The second-order valence-corrected chi connectivity index (χ2v) is 6.12. The Hall–Kier alpha value is -2.51. The van der Waals surface area contributed by atoms with E-state index in [-0.39, 0.29) is 6.61 Å². The molecule has 3 rings (SSSR count). The lowest BCUT2D eigenvalue weighted by atomic mass is 10.2. The number of nitrogens with zero attached hydrogens (tertiary/aromatic N) is 2. The maximum atomic E-state index is 13.1. The minimum absolute atomic E-state index is 0.154. The van der Waals surface area contributed by atoms with Crippen molar-refractivity contribution < 1.29 is 13.9 Å². The van der Waals surface area contributed by atoms with Crippen molar-refractivity contribution >= 4 is 29.2 Å². The first-order valence-electron chi connectivity index (χ1n) is 7.59. The molecular weight excluding hydrogens is 382 g/mol. The first-order chi connectivity index (χ1) is 12.6. The molecule has 9 heteroatoms. The van der Waals surface area contributed by atoms with E-state index in [1.165, 1.54) is 25.6 Å². The molecule has 136 valence electrons. The van der Waals surface area contributed by atoms with Gasteiger partial charge >= 0.3 is 0 Å². The Balaban J connectivity index is 1.73. The van der Waals surface area contributed by atoms with Gasteiger partial charge in [-0.05, 0) is 23.8 Å². The van der Waals surface area contributed by atoms with Crippen LogP contribution in [0, 0.1) is 5.82 Å². The number of nitrogens with one attached hydrogen (secondary N) is 2. The van der Waals surface area contributed by atoms with E-state index in [0.29, 0.717) is 39.6 Å². The molecule has 0 radical (unpaired) electrons. The molecule has 1 aromatic heterocycles. The van der Waals surface area contributed by atoms with Crippen molar-refractivity contribution in [2.75, 3.05) is 12.4 Å². The predicted octanol–water partition coefficient (Wildman–Crippen LogP) is 4.45. The van der Waals surface area contributed by atoms with Crippen LogP contribution in [0.3, 0.4) is 0 Å². The summed E-state index contributed by atoms with van der Waals surface area (Å²) in [5, 5.41) is 10.3. The number of methoxy groups -OCH3 is 1. The van der Waals surface area contributed by atoms with Gasteiger partial charge in [0.15, 0.2) is 11.5 Å². The average Bonchev–Trinajstić information content (AvgIpc) is 3.13.